The first-order chi connectivity index (χ1) is 8.72. The molecule has 0 N–H and O–H groups in total. The number of amides is 1. The maximum atomic E-state index is 12.5. The molecule has 0 radical (unpaired) electrons. The van der Waals surface area contributed by atoms with Gasteiger partial charge in [0.2, 0.25) is 0 Å². The molecule has 1 aromatic rings. The molecule has 0 aromatic carbocycles. The number of nitrogens with zero attached hydrogens (tertiary/aromatic N) is 2. The van der Waals surface area contributed by atoms with Gasteiger partial charge in [-0.1, -0.05) is 19.3 Å². The third kappa shape index (κ3) is 2.89. The van der Waals surface area contributed by atoms with Crippen LogP contribution in [0.25, 0.3) is 0 Å². The molecule has 1 aliphatic carbocycles. The third-order valence-electron chi connectivity index (χ3n) is 3.78. The summed E-state index contributed by atoms with van der Waals surface area (Å²) >= 11 is 0. The minimum Gasteiger partial charge on any atom is -0.336 e. The fourth-order valence-corrected chi connectivity index (χ4v) is 2.72. The molecule has 0 atom stereocenters. The van der Waals surface area contributed by atoms with Crippen LogP contribution in [0.4, 0.5) is 0 Å². The van der Waals surface area contributed by atoms with Gasteiger partial charge in [0.05, 0.1) is 5.56 Å². The zero-order valence-corrected chi connectivity index (χ0v) is 11.4. The highest BCUT2D eigenvalue weighted by Gasteiger charge is 2.24. The highest BCUT2D eigenvalue weighted by Crippen LogP contribution is 2.23. The minimum atomic E-state index is 0.136. The second-order valence-corrected chi connectivity index (χ2v) is 5.07. The fourth-order valence-electron chi connectivity index (χ4n) is 2.72. The van der Waals surface area contributed by atoms with Gasteiger partial charge in [0.1, 0.15) is 0 Å². The summed E-state index contributed by atoms with van der Waals surface area (Å²) in [4.78, 5) is 18.7. The molecule has 1 saturated carbocycles. The summed E-state index contributed by atoms with van der Waals surface area (Å²) < 4.78 is 0. The van der Waals surface area contributed by atoms with Crippen LogP contribution in [0.15, 0.2) is 18.3 Å². The van der Waals surface area contributed by atoms with Crippen LogP contribution in [0.1, 0.15) is 55.1 Å². The number of aromatic nitrogens is 1. The van der Waals surface area contributed by atoms with E-state index in [2.05, 4.69) is 11.9 Å². The molecule has 2 rings (SSSR count). The Morgan fingerprint density at radius 2 is 2.06 bits per heavy atom. The summed E-state index contributed by atoms with van der Waals surface area (Å²) in [7, 11) is 0. The number of hydrogen-bond acceptors (Lipinski definition) is 2. The summed E-state index contributed by atoms with van der Waals surface area (Å²) in [5.74, 6) is 0.136. The summed E-state index contributed by atoms with van der Waals surface area (Å²) in [6.07, 6.45) is 7.82. The molecular formula is C15H22N2O. The van der Waals surface area contributed by atoms with Gasteiger partial charge >= 0.3 is 0 Å². The van der Waals surface area contributed by atoms with E-state index >= 15 is 0 Å². The summed E-state index contributed by atoms with van der Waals surface area (Å²) in [5.41, 5.74) is 1.67. The predicted molar refractivity (Wildman–Crippen MR) is 72.6 cm³/mol. The van der Waals surface area contributed by atoms with Crippen molar-refractivity contribution in [3.05, 3.63) is 29.6 Å². The van der Waals surface area contributed by atoms with E-state index in [4.69, 9.17) is 0 Å². The van der Waals surface area contributed by atoms with Gasteiger partial charge in [0.15, 0.2) is 0 Å². The van der Waals surface area contributed by atoms with Crippen LogP contribution < -0.4 is 0 Å². The van der Waals surface area contributed by atoms with Crippen molar-refractivity contribution in [1.82, 2.24) is 9.88 Å². The summed E-state index contributed by atoms with van der Waals surface area (Å²) in [5, 5.41) is 0. The monoisotopic (exact) mass is 246 g/mol. The van der Waals surface area contributed by atoms with Gasteiger partial charge < -0.3 is 4.90 Å². The van der Waals surface area contributed by atoms with Crippen LogP contribution in [0.3, 0.4) is 0 Å². The molecule has 0 aliphatic heterocycles. The van der Waals surface area contributed by atoms with Crippen LogP contribution in [0, 0.1) is 6.92 Å². The zero-order valence-electron chi connectivity index (χ0n) is 11.4. The van der Waals surface area contributed by atoms with Crippen molar-refractivity contribution in [1.29, 1.82) is 0 Å². The quantitative estimate of drug-likeness (QED) is 0.820. The molecule has 0 saturated heterocycles. The topological polar surface area (TPSA) is 33.2 Å². The first-order valence-electron chi connectivity index (χ1n) is 6.96. The standard InChI is InChI=1S/C15H22N2O/c1-3-17(14-7-5-4-6-8-14)15(18)13-10-9-12(2)16-11-13/h9-11,14H,3-8H2,1-2H3. The number of hydrogen-bond donors (Lipinski definition) is 0. The van der Waals surface area contributed by atoms with Gasteiger partial charge in [-0.2, -0.15) is 0 Å². The van der Waals surface area contributed by atoms with Crippen molar-refractivity contribution < 1.29 is 4.79 Å². The van der Waals surface area contributed by atoms with E-state index in [1.165, 1.54) is 19.3 Å². The van der Waals surface area contributed by atoms with Gasteiger partial charge in [0, 0.05) is 24.5 Å². The molecule has 18 heavy (non-hydrogen) atoms. The first-order valence-corrected chi connectivity index (χ1v) is 6.96. The second-order valence-electron chi connectivity index (χ2n) is 5.07. The van der Waals surface area contributed by atoms with E-state index in [1.54, 1.807) is 6.20 Å². The van der Waals surface area contributed by atoms with E-state index in [9.17, 15) is 4.79 Å². The summed E-state index contributed by atoms with van der Waals surface area (Å²) in [6, 6.07) is 4.22. The third-order valence-corrected chi connectivity index (χ3v) is 3.78. The SMILES string of the molecule is CCN(C(=O)c1ccc(C)nc1)C1CCCCC1. The van der Waals surface area contributed by atoms with Crippen molar-refractivity contribution in [3.63, 3.8) is 0 Å². The van der Waals surface area contributed by atoms with Crippen LogP contribution >= 0.6 is 0 Å². The lowest BCUT2D eigenvalue weighted by atomic mass is 9.94. The van der Waals surface area contributed by atoms with Gasteiger partial charge in [-0.25, -0.2) is 0 Å². The lowest BCUT2D eigenvalue weighted by molar-refractivity contribution is 0.0647. The average molecular weight is 246 g/mol. The molecule has 1 heterocycles. The molecule has 0 unspecified atom stereocenters. The van der Waals surface area contributed by atoms with Crippen LogP contribution in [0.5, 0.6) is 0 Å². The molecule has 3 heteroatoms. The van der Waals surface area contributed by atoms with E-state index < -0.39 is 0 Å². The molecule has 0 bridgehead atoms. The van der Waals surface area contributed by atoms with Crippen LogP contribution in [-0.4, -0.2) is 28.4 Å². The van der Waals surface area contributed by atoms with Crippen molar-refractivity contribution in [2.24, 2.45) is 0 Å². The molecule has 1 amide bonds. The Hall–Kier alpha value is -1.38. The van der Waals surface area contributed by atoms with Crippen LogP contribution in [0.2, 0.25) is 0 Å². The normalized spacial score (nSPS) is 16.6. The van der Waals surface area contributed by atoms with Crippen LogP contribution in [-0.2, 0) is 0 Å². The lowest BCUT2D eigenvalue weighted by Gasteiger charge is -2.33. The Morgan fingerprint density at radius 1 is 1.33 bits per heavy atom. The van der Waals surface area contributed by atoms with E-state index in [1.807, 2.05) is 24.0 Å². The largest absolute Gasteiger partial charge is 0.336 e. The van der Waals surface area contributed by atoms with Gasteiger partial charge in [0.25, 0.3) is 5.91 Å². The Morgan fingerprint density at radius 3 is 2.61 bits per heavy atom. The number of aryl methyl sites for hydroxylation is 1. The highest BCUT2D eigenvalue weighted by atomic mass is 16.2. The van der Waals surface area contributed by atoms with Crippen molar-refractivity contribution in [2.45, 2.75) is 52.0 Å². The second kappa shape index (κ2) is 5.98. The van der Waals surface area contributed by atoms with Crippen molar-refractivity contribution >= 4 is 5.91 Å². The molecule has 3 nitrogen and oxygen atoms in total. The Kier molecular flexibility index (Phi) is 4.34. The highest BCUT2D eigenvalue weighted by molar-refractivity contribution is 5.94. The Balaban J connectivity index is 2.11. The Labute approximate surface area is 109 Å². The number of rotatable bonds is 3. The smallest absolute Gasteiger partial charge is 0.255 e. The predicted octanol–water partition coefficient (Wildman–Crippen LogP) is 3.18. The maximum Gasteiger partial charge on any atom is 0.255 e. The fraction of sp³-hybridized carbons (Fsp3) is 0.600. The number of carbonyl (C=O) groups excluding carboxylic acids is 1. The summed E-state index contributed by atoms with van der Waals surface area (Å²) in [6.45, 7) is 4.79. The molecule has 1 fully saturated rings. The lowest BCUT2D eigenvalue weighted by Crippen LogP contribution is -2.41. The molecule has 98 valence electrons. The van der Waals surface area contributed by atoms with E-state index in [-0.39, 0.29) is 5.91 Å². The van der Waals surface area contributed by atoms with Crippen molar-refractivity contribution in [3.8, 4) is 0 Å². The Bertz CT molecular complexity index is 393. The molecular weight excluding hydrogens is 224 g/mol. The number of pyridine rings is 1. The zero-order chi connectivity index (χ0) is 13.0. The van der Waals surface area contributed by atoms with Crippen molar-refractivity contribution in [2.75, 3.05) is 6.54 Å². The first kappa shape index (κ1) is 13.1. The molecule has 1 aromatic heterocycles. The maximum absolute atomic E-state index is 12.5. The van der Waals surface area contributed by atoms with Gasteiger partial charge in [-0.15, -0.1) is 0 Å². The molecule has 0 spiro atoms. The average Bonchev–Trinajstić information content (AvgIpc) is 2.41. The molecule has 1 aliphatic rings. The minimum absolute atomic E-state index is 0.136. The number of carbonyl (C=O) groups is 1. The van der Waals surface area contributed by atoms with Gasteiger partial charge in [-0.05, 0) is 38.8 Å². The van der Waals surface area contributed by atoms with E-state index in [0.29, 0.717) is 11.6 Å². The van der Waals surface area contributed by atoms with Gasteiger partial charge in [-0.3, -0.25) is 9.78 Å². The van der Waals surface area contributed by atoms with E-state index in [0.717, 1.165) is 25.1 Å².